The lowest BCUT2D eigenvalue weighted by molar-refractivity contribution is -0.164. The molecule has 24 heavy (non-hydrogen) atoms. The zero-order valence-corrected chi connectivity index (χ0v) is 15.8. The Kier molecular flexibility index (Phi) is 10.0. The molecule has 0 aliphatic heterocycles. The van der Waals surface area contributed by atoms with Gasteiger partial charge in [-0.05, 0) is 38.0 Å². The Labute approximate surface area is 147 Å². The number of ether oxygens (including phenoxy) is 1. The summed E-state index contributed by atoms with van der Waals surface area (Å²) >= 11 is 0. The predicted octanol–water partition coefficient (Wildman–Crippen LogP) is 5.20. The second kappa shape index (κ2) is 11.5. The summed E-state index contributed by atoms with van der Waals surface area (Å²) in [6, 6.07) is 0. The van der Waals surface area contributed by atoms with Gasteiger partial charge in [-0.25, -0.2) is 0 Å². The van der Waals surface area contributed by atoms with E-state index in [1.807, 2.05) is 6.92 Å². The number of unbranched alkanes of at least 4 members (excludes halogenated alkanes) is 3. The molecule has 0 aromatic heterocycles. The maximum Gasteiger partial charge on any atom is 0.310 e. The Morgan fingerprint density at radius 1 is 1.00 bits per heavy atom. The van der Waals surface area contributed by atoms with Gasteiger partial charge in [0.1, 0.15) is 6.10 Å². The number of hydrogen-bond acceptors (Lipinski definition) is 3. The molecule has 4 heteroatoms. The van der Waals surface area contributed by atoms with Crippen molar-refractivity contribution in [3.63, 3.8) is 0 Å². The Balaban J connectivity index is 2.32. The van der Waals surface area contributed by atoms with Crippen molar-refractivity contribution in [1.82, 2.24) is 0 Å². The SMILES string of the molecule is CCC(CCCCCCC(C)C)OC(=O)C1CCCCC1C(=O)O. The average Bonchev–Trinajstić information content (AvgIpc) is 2.56. The quantitative estimate of drug-likeness (QED) is 0.415. The molecule has 1 aliphatic rings. The van der Waals surface area contributed by atoms with Crippen LogP contribution in [0.2, 0.25) is 0 Å². The maximum atomic E-state index is 12.4. The van der Waals surface area contributed by atoms with Crippen LogP contribution in [-0.4, -0.2) is 23.1 Å². The fraction of sp³-hybridized carbons (Fsp3) is 0.900. The molecule has 4 nitrogen and oxygen atoms in total. The number of esters is 1. The standard InChI is InChI=1S/C20H36O4/c1-4-16(12-8-6-5-7-11-15(2)3)24-20(23)18-14-10-9-13-17(18)19(21)22/h15-18H,4-14H2,1-3H3,(H,21,22). The van der Waals surface area contributed by atoms with Crippen LogP contribution in [0.4, 0.5) is 0 Å². The molecule has 1 aliphatic carbocycles. The number of aliphatic carboxylic acids is 1. The minimum Gasteiger partial charge on any atom is -0.481 e. The zero-order valence-electron chi connectivity index (χ0n) is 15.8. The molecule has 0 bridgehead atoms. The number of carboxylic acid groups (broad SMARTS) is 1. The molecule has 0 radical (unpaired) electrons. The van der Waals surface area contributed by atoms with Crippen LogP contribution < -0.4 is 0 Å². The van der Waals surface area contributed by atoms with Gasteiger partial charge in [-0.2, -0.15) is 0 Å². The molecule has 0 saturated heterocycles. The highest BCUT2D eigenvalue weighted by molar-refractivity contribution is 5.81. The van der Waals surface area contributed by atoms with E-state index in [1.54, 1.807) is 0 Å². The first kappa shape index (κ1) is 21.0. The molecule has 0 aromatic rings. The van der Waals surface area contributed by atoms with E-state index in [0.29, 0.717) is 12.8 Å². The van der Waals surface area contributed by atoms with Crippen molar-refractivity contribution in [3.05, 3.63) is 0 Å². The van der Waals surface area contributed by atoms with Crippen molar-refractivity contribution in [2.75, 3.05) is 0 Å². The normalized spacial score (nSPS) is 22.3. The van der Waals surface area contributed by atoms with Gasteiger partial charge in [0.25, 0.3) is 0 Å². The summed E-state index contributed by atoms with van der Waals surface area (Å²) in [7, 11) is 0. The van der Waals surface area contributed by atoms with E-state index >= 15 is 0 Å². The largest absolute Gasteiger partial charge is 0.481 e. The first-order valence-corrected chi connectivity index (χ1v) is 9.89. The Morgan fingerprint density at radius 3 is 2.12 bits per heavy atom. The second-order valence-corrected chi connectivity index (χ2v) is 7.69. The third kappa shape index (κ3) is 7.67. The lowest BCUT2D eigenvalue weighted by Crippen LogP contribution is -2.35. The van der Waals surface area contributed by atoms with Gasteiger partial charge >= 0.3 is 11.9 Å². The summed E-state index contributed by atoms with van der Waals surface area (Å²) in [5.74, 6) is -1.37. The van der Waals surface area contributed by atoms with Crippen LogP contribution in [0.1, 0.15) is 91.4 Å². The number of hydrogen-bond donors (Lipinski definition) is 1. The molecule has 3 atom stereocenters. The van der Waals surface area contributed by atoms with Gasteiger partial charge in [0, 0.05) is 0 Å². The highest BCUT2D eigenvalue weighted by Crippen LogP contribution is 2.32. The highest BCUT2D eigenvalue weighted by Gasteiger charge is 2.37. The van der Waals surface area contributed by atoms with Crippen molar-refractivity contribution in [3.8, 4) is 0 Å². The Hall–Kier alpha value is -1.06. The van der Waals surface area contributed by atoms with Gasteiger partial charge in [-0.15, -0.1) is 0 Å². The third-order valence-electron chi connectivity index (χ3n) is 5.18. The minimum absolute atomic E-state index is 0.0565. The number of rotatable bonds is 11. The average molecular weight is 341 g/mol. The fourth-order valence-corrected chi connectivity index (χ4v) is 3.58. The molecule has 1 rings (SSSR count). The second-order valence-electron chi connectivity index (χ2n) is 7.69. The van der Waals surface area contributed by atoms with Crippen LogP contribution in [0.3, 0.4) is 0 Å². The number of carboxylic acids is 1. The lowest BCUT2D eigenvalue weighted by Gasteiger charge is -2.28. The van der Waals surface area contributed by atoms with Crippen molar-refractivity contribution in [2.24, 2.45) is 17.8 Å². The summed E-state index contributed by atoms with van der Waals surface area (Å²) < 4.78 is 5.66. The van der Waals surface area contributed by atoms with Crippen LogP contribution in [0, 0.1) is 17.8 Å². The zero-order chi connectivity index (χ0) is 17.9. The van der Waals surface area contributed by atoms with Gasteiger partial charge in [0.15, 0.2) is 0 Å². The first-order valence-electron chi connectivity index (χ1n) is 9.89. The first-order chi connectivity index (χ1) is 11.5. The van der Waals surface area contributed by atoms with E-state index < -0.39 is 17.8 Å². The van der Waals surface area contributed by atoms with Crippen LogP contribution in [0.25, 0.3) is 0 Å². The van der Waals surface area contributed by atoms with Crippen LogP contribution in [0.15, 0.2) is 0 Å². The van der Waals surface area contributed by atoms with E-state index in [0.717, 1.165) is 38.0 Å². The maximum absolute atomic E-state index is 12.4. The molecule has 0 aromatic carbocycles. The van der Waals surface area contributed by atoms with Gasteiger partial charge in [0.2, 0.25) is 0 Å². The molecule has 0 spiro atoms. The fourth-order valence-electron chi connectivity index (χ4n) is 3.58. The Morgan fingerprint density at radius 2 is 1.58 bits per heavy atom. The lowest BCUT2D eigenvalue weighted by atomic mass is 9.79. The summed E-state index contributed by atoms with van der Waals surface area (Å²) in [4.78, 5) is 23.7. The summed E-state index contributed by atoms with van der Waals surface area (Å²) in [6.45, 7) is 6.54. The molecule has 1 N–H and O–H groups in total. The van der Waals surface area contributed by atoms with E-state index in [-0.39, 0.29) is 12.1 Å². The molecule has 1 saturated carbocycles. The molecule has 0 heterocycles. The van der Waals surface area contributed by atoms with Crippen molar-refractivity contribution < 1.29 is 19.4 Å². The van der Waals surface area contributed by atoms with Crippen LogP contribution >= 0.6 is 0 Å². The highest BCUT2D eigenvalue weighted by atomic mass is 16.5. The van der Waals surface area contributed by atoms with Gasteiger partial charge < -0.3 is 9.84 Å². The van der Waals surface area contributed by atoms with Gasteiger partial charge in [-0.1, -0.05) is 59.3 Å². The molecular formula is C20H36O4. The van der Waals surface area contributed by atoms with Gasteiger partial charge in [0.05, 0.1) is 11.8 Å². The third-order valence-corrected chi connectivity index (χ3v) is 5.18. The summed E-state index contributed by atoms with van der Waals surface area (Å²) in [5.41, 5.74) is 0. The van der Waals surface area contributed by atoms with Crippen molar-refractivity contribution in [1.29, 1.82) is 0 Å². The predicted molar refractivity (Wildman–Crippen MR) is 95.8 cm³/mol. The Bertz CT molecular complexity index is 378. The van der Waals surface area contributed by atoms with E-state index in [1.165, 1.54) is 25.7 Å². The smallest absolute Gasteiger partial charge is 0.310 e. The topological polar surface area (TPSA) is 63.6 Å². The minimum atomic E-state index is -0.852. The van der Waals surface area contributed by atoms with E-state index in [4.69, 9.17) is 4.74 Å². The number of carbonyl (C=O) groups is 2. The van der Waals surface area contributed by atoms with Crippen LogP contribution in [0.5, 0.6) is 0 Å². The monoisotopic (exact) mass is 340 g/mol. The van der Waals surface area contributed by atoms with E-state index in [2.05, 4.69) is 13.8 Å². The summed E-state index contributed by atoms with van der Waals surface area (Å²) in [6.07, 6.45) is 10.8. The van der Waals surface area contributed by atoms with Crippen molar-refractivity contribution >= 4 is 11.9 Å². The molecule has 140 valence electrons. The van der Waals surface area contributed by atoms with Gasteiger partial charge in [-0.3, -0.25) is 9.59 Å². The molecular weight excluding hydrogens is 304 g/mol. The molecule has 1 fully saturated rings. The van der Waals surface area contributed by atoms with Crippen molar-refractivity contribution in [2.45, 2.75) is 97.5 Å². The van der Waals surface area contributed by atoms with Crippen LogP contribution in [-0.2, 0) is 14.3 Å². The number of carbonyl (C=O) groups excluding carboxylic acids is 1. The summed E-state index contributed by atoms with van der Waals surface area (Å²) in [5, 5.41) is 9.30. The van der Waals surface area contributed by atoms with E-state index in [9.17, 15) is 14.7 Å². The molecule has 0 amide bonds. The molecule has 3 unspecified atom stereocenters.